The second-order valence-electron chi connectivity index (χ2n) is 5.99. The number of para-hydroxylation sites is 1. The summed E-state index contributed by atoms with van der Waals surface area (Å²) in [5, 5.41) is 6.69. The molecule has 1 aliphatic heterocycles. The van der Waals surface area contributed by atoms with Gasteiger partial charge in [-0.3, -0.25) is 4.99 Å². The van der Waals surface area contributed by atoms with Crippen LogP contribution in [0.15, 0.2) is 41.9 Å². The van der Waals surface area contributed by atoms with Crippen LogP contribution in [0.2, 0.25) is 0 Å². The van der Waals surface area contributed by atoms with E-state index in [1.54, 1.807) is 20.2 Å². The molecule has 0 bridgehead atoms. The van der Waals surface area contributed by atoms with Gasteiger partial charge in [-0.15, -0.1) is 24.0 Å². The zero-order valence-corrected chi connectivity index (χ0v) is 18.0. The number of nitrogens with zero attached hydrogens (tertiary/aromatic N) is 1. The quantitative estimate of drug-likeness (QED) is 0.262. The summed E-state index contributed by atoms with van der Waals surface area (Å²) >= 11 is 0. The molecular formula is C19H30IN3O3. The average molecular weight is 475 g/mol. The zero-order valence-electron chi connectivity index (χ0n) is 15.6. The van der Waals surface area contributed by atoms with Crippen molar-refractivity contribution in [3.8, 4) is 5.75 Å². The summed E-state index contributed by atoms with van der Waals surface area (Å²) in [6.45, 7) is 6.95. The predicted molar refractivity (Wildman–Crippen MR) is 116 cm³/mol. The van der Waals surface area contributed by atoms with Gasteiger partial charge >= 0.3 is 0 Å². The maximum absolute atomic E-state index is 5.75. The number of ether oxygens (including phenoxy) is 3. The van der Waals surface area contributed by atoms with Gasteiger partial charge in [0.1, 0.15) is 12.4 Å². The molecule has 1 aromatic carbocycles. The lowest BCUT2D eigenvalue weighted by molar-refractivity contribution is -0.0855. The fourth-order valence-electron chi connectivity index (χ4n) is 2.78. The Balaban J connectivity index is 0.00000338. The molecule has 1 aliphatic rings. The molecule has 0 aromatic heterocycles. The summed E-state index contributed by atoms with van der Waals surface area (Å²) in [6.07, 6.45) is 3.50. The van der Waals surface area contributed by atoms with Gasteiger partial charge in [-0.2, -0.15) is 0 Å². The Labute approximate surface area is 173 Å². The van der Waals surface area contributed by atoms with Crippen molar-refractivity contribution >= 4 is 29.9 Å². The Kier molecular flexibility index (Phi) is 10.6. The van der Waals surface area contributed by atoms with Crippen LogP contribution in [0.3, 0.4) is 0 Å². The molecule has 0 atom stereocenters. The molecule has 1 saturated heterocycles. The molecule has 26 heavy (non-hydrogen) atoms. The molecule has 0 aliphatic carbocycles. The summed E-state index contributed by atoms with van der Waals surface area (Å²) in [4.78, 5) is 4.30. The molecular weight excluding hydrogens is 445 g/mol. The van der Waals surface area contributed by atoms with Gasteiger partial charge in [0.05, 0.1) is 5.60 Å². The number of methoxy groups -OCH3 is 1. The SMILES string of the molecule is C=CCOc1ccccc1CNC(=NC)NCC1(OC)CCOCC1.I. The molecule has 146 valence electrons. The van der Waals surface area contributed by atoms with Crippen molar-refractivity contribution in [1.29, 1.82) is 0 Å². The number of rotatable bonds is 8. The normalized spacial score (nSPS) is 16.3. The first kappa shape index (κ1) is 22.7. The standard InChI is InChI=1S/C19H29N3O3.HI/c1-4-11-25-17-8-6-5-7-16(17)14-21-18(20-2)22-15-19(23-3)9-12-24-13-10-19;/h4-8H,1,9-15H2,2-3H3,(H2,20,21,22);1H. The van der Waals surface area contributed by atoms with E-state index in [1.807, 2.05) is 24.3 Å². The van der Waals surface area contributed by atoms with Gasteiger partial charge in [0, 0.05) is 58.9 Å². The number of hydrogen-bond donors (Lipinski definition) is 2. The van der Waals surface area contributed by atoms with Crippen molar-refractivity contribution < 1.29 is 14.2 Å². The van der Waals surface area contributed by atoms with Crippen LogP contribution in [0.5, 0.6) is 5.75 Å². The van der Waals surface area contributed by atoms with Gasteiger partial charge in [0.15, 0.2) is 5.96 Å². The van der Waals surface area contributed by atoms with E-state index in [0.29, 0.717) is 19.7 Å². The van der Waals surface area contributed by atoms with E-state index < -0.39 is 0 Å². The lowest BCUT2D eigenvalue weighted by atomic mass is 9.94. The van der Waals surface area contributed by atoms with E-state index in [2.05, 4.69) is 22.2 Å². The number of nitrogens with one attached hydrogen (secondary N) is 2. The third-order valence-corrected chi connectivity index (χ3v) is 4.41. The molecule has 0 spiro atoms. The topological polar surface area (TPSA) is 64.1 Å². The fourth-order valence-corrected chi connectivity index (χ4v) is 2.78. The molecule has 2 rings (SSSR count). The summed E-state index contributed by atoms with van der Waals surface area (Å²) in [7, 11) is 3.52. The first-order chi connectivity index (χ1) is 12.2. The van der Waals surface area contributed by atoms with Crippen LogP contribution in [0.25, 0.3) is 0 Å². The minimum atomic E-state index is -0.194. The Morgan fingerprint density at radius 1 is 1.31 bits per heavy atom. The second kappa shape index (κ2) is 12.1. The van der Waals surface area contributed by atoms with Gasteiger partial charge in [-0.05, 0) is 6.07 Å². The number of guanidine groups is 1. The number of benzene rings is 1. The summed E-state index contributed by atoms with van der Waals surface area (Å²) < 4.78 is 16.9. The van der Waals surface area contributed by atoms with E-state index in [0.717, 1.165) is 43.3 Å². The van der Waals surface area contributed by atoms with Gasteiger partial charge in [0.25, 0.3) is 0 Å². The first-order valence-corrected chi connectivity index (χ1v) is 8.62. The largest absolute Gasteiger partial charge is 0.489 e. The van der Waals surface area contributed by atoms with E-state index in [9.17, 15) is 0 Å². The maximum Gasteiger partial charge on any atom is 0.191 e. The molecule has 2 N–H and O–H groups in total. The zero-order chi connectivity index (χ0) is 18.0. The lowest BCUT2D eigenvalue weighted by Gasteiger charge is -2.36. The minimum Gasteiger partial charge on any atom is -0.489 e. The maximum atomic E-state index is 5.75. The van der Waals surface area contributed by atoms with Crippen LogP contribution >= 0.6 is 24.0 Å². The minimum absolute atomic E-state index is 0. The van der Waals surface area contributed by atoms with Crippen molar-refractivity contribution in [2.75, 3.05) is 40.5 Å². The van der Waals surface area contributed by atoms with Gasteiger partial charge in [-0.25, -0.2) is 0 Å². The monoisotopic (exact) mass is 475 g/mol. The molecule has 0 radical (unpaired) electrons. The van der Waals surface area contributed by atoms with Gasteiger partial charge in [0.2, 0.25) is 0 Å². The predicted octanol–water partition coefficient (Wildman–Crippen LogP) is 2.73. The Morgan fingerprint density at radius 2 is 2.04 bits per heavy atom. The van der Waals surface area contributed by atoms with Crippen molar-refractivity contribution in [1.82, 2.24) is 10.6 Å². The molecule has 1 heterocycles. The van der Waals surface area contributed by atoms with E-state index in [4.69, 9.17) is 14.2 Å². The van der Waals surface area contributed by atoms with Crippen LogP contribution < -0.4 is 15.4 Å². The number of halogens is 1. The highest BCUT2D eigenvalue weighted by Crippen LogP contribution is 2.23. The van der Waals surface area contributed by atoms with Gasteiger partial charge < -0.3 is 24.8 Å². The van der Waals surface area contributed by atoms with Gasteiger partial charge in [-0.1, -0.05) is 30.9 Å². The molecule has 7 heteroatoms. The second-order valence-corrected chi connectivity index (χ2v) is 5.99. The van der Waals surface area contributed by atoms with E-state index >= 15 is 0 Å². The van der Waals surface area contributed by atoms with Crippen LogP contribution in [0.1, 0.15) is 18.4 Å². The van der Waals surface area contributed by atoms with Crippen molar-refractivity contribution in [3.05, 3.63) is 42.5 Å². The van der Waals surface area contributed by atoms with Crippen molar-refractivity contribution in [2.24, 2.45) is 4.99 Å². The highest BCUT2D eigenvalue weighted by atomic mass is 127. The third-order valence-electron chi connectivity index (χ3n) is 4.41. The number of hydrogen-bond acceptors (Lipinski definition) is 4. The molecule has 0 saturated carbocycles. The van der Waals surface area contributed by atoms with Crippen LogP contribution in [-0.2, 0) is 16.0 Å². The number of aliphatic imine (C=N–C) groups is 1. The summed E-state index contributed by atoms with van der Waals surface area (Å²) in [6, 6.07) is 7.95. The molecule has 1 aromatic rings. The van der Waals surface area contributed by atoms with Crippen LogP contribution in [0.4, 0.5) is 0 Å². The van der Waals surface area contributed by atoms with Crippen molar-refractivity contribution in [3.63, 3.8) is 0 Å². The van der Waals surface area contributed by atoms with Crippen LogP contribution in [-0.4, -0.2) is 52.1 Å². The fraction of sp³-hybridized carbons (Fsp3) is 0.526. The molecule has 1 fully saturated rings. The molecule has 0 unspecified atom stereocenters. The van der Waals surface area contributed by atoms with Crippen LogP contribution in [0, 0.1) is 0 Å². The molecule has 0 amide bonds. The highest BCUT2D eigenvalue weighted by molar-refractivity contribution is 14.0. The van der Waals surface area contributed by atoms with Crippen molar-refractivity contribution in [2.45, 2.75) is 25.0 Å². The Hall–Kier alpha value is -1.32. The summed E-state index contributed by atoms with van der Waals surface area (Å²) in [5.41, 5.74) is 0.876. The molecule has 6 nitrogen and oxygen atoms in total. The highest BCUT2D eigenvalue weighted by Gasteiger charge is 2.32. The Morgan fingerprint density at radius 3 is 2.69 bits per heavy atom. The first-order valence-electron chi connectivity index (χ1n) is 8.62. The third kappa shape index (κ3) is 6.77. The van der Waals surface area contributed by atoms with E-state index in [1.165, 1.54) is 0 Å². The van der Waals surface area contributed by atoms with E-state index in [-0.39, 0.29) is 29.6 Å². The Bertz CT molecular complexity index is 575. The smallest absolute Gasteiger partial charge is 0.191 e. The summed E-state index contributed by atoms with van der Waals surface area (Å²) in [5.74, 6) is 1.59. The lowest BCUT2D eigenvalue weighted by Crippen LogP contribution is -2.50. The average Bonchev–Trinajstić information content (AvgIpc) is 2.68.